The van der Waals surface area contributed by atoms with Gasteiger partial charge in [0, 0.05) is 36.8 Å². The molecule has 1 aliphatic rings. The monoisotopic (exact) mass is 545 g/mol. The molecule has 39 heavy (non-hydrogen) atoms. The number of piperazine rings is 1. The lowest BCUT2D eigenvalue weighted by Gasteiger charge is -2.40. The van der Waals surface area contributed by atoms with Crippen molar-refractivity contribution in [2.24, 2.45) is 0 Å². The van der Waals surface area contributed by atoms with Crippen LogP contribution in [0.5, 0.6) is 0 Å². The summed E-state index contributed by atoms with van der Waals surface area (Å²) in [6.07, 6.45) is 1.30. The number of aromatic nitrogens is 3. The number of fused-ring (bicyclic) bond motifs is 1. The number of hydrogen-bond acceptors (Lipinski definition) is 5. The molecule has 1 amide bonds. The van der Waals surface area contributed by atoms with E-state index in [2.05, 4.69) is 25.4 Å². The number of rotatable bonds is 5. The van der Waals surface area contributed by atoms with Crippen molar-refractivity contribution in [1.29, 1.82) is 0 Å². The second-order valence-corrected chi connectivity index (χ2v) is 10.3. The minimum atomic E-state index is -0.481. The first kappa shape index (κ1) is 26.6. The molecule has 0 aliphatic carbocycles. The summed E-state index contributed by atoms with van der Waals surface area (Å²) in [5, 5.41) is 0.103. The molecule has 7 nitrogen and oxygen atoms in total. The number of carbonyl (C=O) groups is 1. The summed E-state index contributed by atoms with van der Waals surface area (Å²) < 4.78 is 16.4. The molecule has 0 spiro atoms. The lowest BCUT2D eigenvalue weighted by molar-refractivity contribution is -0.126. The van der Waals surface area contributed by atoms with Crippen LogP contribution in [0, 0.1) is 5.82 Å². The summed E-state index contributed by atoms with van der Waals surface area (Å²) in [5.74, 6) is -0.0725. The summed E-state index contributed by atoms with van der Waals surface area (Å²) >= 11 is 6.68. The number of halogens is 2. The molecular weight excluding hydrogens is 517 g/mol. The van der Waals surface area contributed by atoms with Crippen LogP contribution in [0.25, 0.3) is 27.8 Å². The smallest absolute Gasteiger partial charge is 0.348 e. The van der Waals surface area contributed by atoms with Crippen molar-refractivity contribution in [3.8, 4) is 16.8 Å². The van der Waals surface area contributed by atoms with E-state index in [-0.39, 0.29) is 28.6 Å². The molecule has 0 saturated carbocycles. The number of benzene rings is 2. The number of hydrogen-bond donors (Lipinski definition) is 0. The van der Waals surface area contributed by atoms with Crippen molar-refractivity contribution >= 4 is 34.4 Å². The summed E-state index contributed by atoms with van der Waals surface area (Å²) in [6, 6.07) is 15.5. The first-order valence-electron chi connectivity index (χ1n) is 12.9. The van der Waals surface area contributed by atoms with E-state index in [4.69, 9.17) is 16.6 Å². The Labute approximate surface area is 231 Å². The maximum absolute atomic E-state index is 14.9. The number of amides is 1. The summed E-state index contributed by atoms with van der Waals surface area (Å²) in [5.41, 5.74) is 2.72. The van der Waals surface area contributed by atoms with Crippen LogP contribution in [-0.2, 0) is 4.79 Å². The number of anilines is 1. The number of nitrogens with zero attached hydrogens (tertiary/aromatic N) is 5. The molecule has 2 aromatic heterocycles. The molecular formula is C30H29ClFN5O2. The van der Waals surface area contributed by atoms with E-state index in [9.17, 15) is 14.0 Å². The van der Waals surface area contributed by atoms with Crippen molar-refractivity contribution < 1.29 is 9.18 Å². The predicted molar refractivity (Wildman–Crippen MR) is 153 cm³/mol. The van der Waals surface area contributed by atoms with E-state index in [1.807, 2.05) is 36.1 Å². The standard InChI is InChI=1S/C30H29ClFN5O2/c1-5-26(38)35-14-15-36(19(4)17-35)29-27-25(16-22(28(31)33-27)21-11-6-8-12-23(21)32)37(30(39)34-29)24-13-9-7-10-20(24)18(2)3/h5-13,16,18-19H,1,14-15,17H2,2-4H3/t19-/m0/s1. The maximum Gasteiger partial charge on any atom is 0.354 e. The second-order valence-electron chi connectivity index (χ2n) is 9.97. The number of carbonyl (C=O) groups excluding carboxylic acids is 1. The minimum Gasteiger partial charge on any atom is -0.348 e. The SMILES string of the molecule is C=CC(=O)N1CCN(c2nc(=O)n(-c3ccccc3C(C)C)c3cc(-c4ccccc4F)c(Cl)nc23)[C@@H](C)C1. The molecule has 0 unspecified atom stereocenters. The van der Waals surface area contributed by atoms with Gasteiger partial charge in [-0.1, -0.05) is 68.4 Å². The Morgan fingerprint density at radius 1 is 1.10 bits per heavy atom. The quantitative estimate of drug-likeness (QED) is 0.242. The Kier molecular flexibility index (Phi) is 7.23. The number of para-hydroxylation sites is 1. The van der Waals surface area contributed by atoms with Gasteiger partial charge in [-0.3, -0.25) is 9.36 Å². The highest BCUT2D eigenvalue weighted by molar-refractivity contribution is 6.32. The van der Waals surface area contributed by atoms with E-state index in [0.29, 0.717) is 47.7 Å². The second kappa shape index (κ2) is 10.6. The Morgan fingerprint density at radius 3 is 2.51 bits per heavy atom. The molecule has 1 fully saturated rings. The fourth-order valence-corrected chi connectivity index (χ4v) is 5.44. The molecule has 200 valence electrons. The van der Waals surface area contributed by atoms with Gasteiger partial charge in [-0.25, -0.2) is 14.2 Å². The fraction of sp³-hybridized carbons (Fsp3) is 0.267. The third-order valence-electron chi connectivity index (χ3n) is 7.15. The Morgan fingerprint density at radius 2 is 1.82 bits per heavy atom. The van der Waals surface area contributed by atoms with Gasteiger partial charge in [-0.15, -0.1) is 0 Å². The van der Waals surface area contributed by atoms with E-state index in [0.717, 1.165) is 5.56 Å². The summed E-state index contributed by atoms with van der Waals surface area (Å²) in [6.45, 7) is 11.0. The molecule has 0 N–H and O–H groups in total. The van der Waals surface area contributed by atoms with Gasteiger partial charge in [-0.2, -0.15) is 4.98 Å². The first-order chi connectivity index (χ1) is 18.7. The normalized spacial score (nSPS) is 15.7. The van der Waals surface area contributed by atoms with Crippen LogP contribution in [0.15, 0.2) is 72.0 Å². The Hall–Kier alpha value is -4.04. The molecule has 5 rings (SSSR count). The highest BCUT2D eigenvalue weighted by Crippen LogP contribution is 2.36. The maximum atomic E-state index is 14.9. The topological polar surface area (TPSA) is 71.3 Å². The van der Waals surface area contributed by atoms with Crippen LogP contribution in [0.1, 0.15) is 32.3 Å². The molecule has 0 radical (unpaired) electrons. The van der Waals surface area contributed by atoms with Crippen LogP contribution >= 0.6 is 11.6 Å². The van der Waals surface area contributed by atoms with Crippen LogP contribution in [0.3, 0.4) is 0 Å². The zero-order chi connectivity index (χ0) is 27.8. The Bertz CT molecular complexity index is 1650. The van der Waals surface area contributed by atoms with E-state index in [1.54, 1.807) is 29.2 Å². The van der Waals surface area contributed by atoms with Crippen LogP contribution in [0.2, 0.25) is 5.15 Å². The van der Waals surface area contributed by atoms with Crippen molar-refractivity contribution in [3.63, 3.8) is 0 Å². The molecule has 1 atom stereocenters. The lowest BCUT2D eigenvalue weighted by atomic mass is 10.0. The zero-order valence-corrected chi connectivity index (χ0v) is 22.8. The minimum absolute atomic E-state index is 0.103. The average molecular weight is 546 g/mol. The van der Waals surface area contributed by atoms with E-state index in [1.165, 1.54) is 16.7 Å². The van der Waals surface area contributed by atoms with Gasteiger partial charge in [0.05, 0.1) is 11.2 Å². The molecule has 1 aliphatic heterocycles. The average Bonchev–Trinajstić information content (AvgIpc) is 2.92. The summed E-state index contributed by atoms with van der Waals surface area (Å²) in [4.78, 5) is 38.9. The molecule has 9 heteroatoms. The van der Waals surface area contributed by atoms with Gasteiger partial charge in [0.1, 0.15) is 16.5 Å². The van der Waals surface area contributed by atoms with Gasteiger partial charge >= 0.3 is 5.69 Å². The van der Waals surface area contributed by atoms with Crippen molar-refractivity contribution in [2.75, 3.05) is 24.5 Å². The van der Waals surface area contributed by atoms with Crippen LogP contribution < -0.4 is 10.6 Å². The third-order valence-corrected chi connectivity index (χ3v) is 7.44. The van der Waals surface area contributed by atoms with Crippen molar-refractivity contribution in [2.45, 2.75) is 32.7 Å². The summed E-state index contributed by atoms with van der Waals surface area (Å²) in [7, 11) is 0. The Balaban J connectivity index is 1.78. The number of pyridine rings is 1. The van der Waals surface area contributed by atoms with Gasteiger partial charge in [0.15, 0.2) is 5.82 Å². The van der Waals surface area contributed by atoms with Crippen molar-refractivity contribution in [1.82, 2.24) is 19.4 Å². The van der Waals surface area contributed by atoms with Gasteiger partial charge in [-0.05, 0) is 42.7 Å². The molecule has 0 bridgehead atoms. The molecule has 4 aromatic rings. The first-order valence-corrected chi connectivity index (χ1v) is 13.2. The largest absolute Gasteiger partial charge is 0.354 e. The predicted octanol–water partition coefficient (Wildman–Crippen LogP) is 5.59. The molecule has 3 heterocycles. The van der Waals surface area contributed by atoms with Gasteiger partial charge in [0.25, 0.3) is 0 Å². The third kappa shape index (κ3) is 4.81. The highest BCUT2D eigenvalue weighted by atomic mass is 35.5. The lowest BCUT2D eigenvalue weighted by Crippen LogP contribution is -2.54. The van der Waals surface area contributed by atoms with Crippen LogP contribution in [-0.4, -0.2) is 51.0 Å². The fourth-order valence-electron chi connectivity index (χ4n) is 5.19. The zero-order valence-electron chi connectivity index (χ0n) is 22.1. The van der Waals surface area contributed by atoms with Crippen molar-refractivity contribution in [3.05, 3.63) is 94.3 Å². The van der Waals surface area contributed by atoms with Crippen LogP contribution in [0.4, 0.5) is 10.2 Å². The highest BCUT2D eigenvalue weighted by Gasteiger charge is 2.30. The molecule has 2 aromatic carbocycles. The van der Waals surface area contributed by atoms with Gasteiger partial charge < -0.3 is 9.80 Å². The van der Waals surface area contributed by atoms with E-state index >= 15 is 0 Å². The van der Waals surface area contributed by atoms with E-state index < -0.39 is 11.5 Å². The molecule has 1 saturated heterocycles. The van der Waals surface area contributed by atoms with Gasteiger partial charge in [0.2, 0.25) is 5.91 Å².